The van der Waals surface area contributed by atoms with E-state index in [1.807, 2.05) is 43.4 Å². The molecule has 4 rings (SSSR count). The number of rotatable bonds is 9. The molecule has 2 aromatic rings. The summed E-state index contributed by atoms with van der Waals surface area (Å²) >= 11 is 0. The van der Waals surface area contributed by atoms with E-state index < -0.39 is 0 Å². The van der Waals surface area contributed by atoms with E-state index in [1.54, 1.807) is 4.90 Å². The molecule has 32 heavy (non-hydrogen) atoms. The molecule has 1 atom stereocenters. The molecule has 2 aromatic carbocycles. The Bertz CT molecular complexity index is 914. The van der Waals surface area contributed by atoms with Crippen LogP contribution >= 0.6 is 0 Å². The first-order chi connectivity index (χ1) is 15.6. The lowest BCUT2D eigenvalue weighted by Crippen LogP contribution is -2.44. The summed E-state index contributed by atoms with van der Waals surface area (Å²) in [7, 11) is 1.94. The second kappa shape index (κ2) is 10.3. The molecule has 5 nitrogen and oxygen atoms in total. The number of hydrogen-bond acceptors (Lipinski definition) is 4. The van der Waals surface area contributed by atoms with Gasteiger partial charge in [0.15, 0.2) is 0 Å². The molecule has 172 valence electrons. The number of hydrogen-bond donors (Lipinski definition) is 1. The van der Waals surface area contributed by atoms with Crippen LogP contribution in [0.5, 0.6) is 5.75 Å². The fourth-order valence-electron chi connectivity index (χ4n) is 4.42. The van der Waals surface area contributed by atoms with Crippen LogP contribution < -0.4 is 19.9 Å². The number of unbranched alkanes of at least 4 members (excludes halogenated alkanes) is 1. The Morgan fingerprint density at radius 1 is 1.19 bits per heavy atom. The molecule has 1 unspecified atom stereocenters. The van der Waals surface area contributed by atoms with E-state index in [-0.39, 0.29) is 17.8 Å². The third-order valence-electron chi connectivity index (χ3n) is 6.67. The lowest BCUT2D eigenvalue weighted by Gasteiger charge is -2.38. The van der Waals surface area contributed by atoms with Crippen molar-refractivity contribution < 1.29 is 13.9 Å². The highest BCUT2D eigenvalue weighted by atomic mass is 19.1. The lowest BCUT2D eigenvalue weighted by atomic mass is 9.90. The van der Waals surface area contributed by atoms with Crippen LogP contribution in [0.2, 0.25) is 0 Å². The highest BCUT2D eigenvalue weighted by molar-refractivity contribution is 6.06. The van der Waals surface area contributed by atoms with Crippen LogP contribution in [-0.4, -0.2) is 44.7 Å². The fraction of sp³-hybridized carbons (Fsp3) is 0.500. The van der Waals surface area contributed by atoms with Crippen molar-refractivity contribution in [3.63, 3.8) is 0 Å². The first-order valence-electron chi connectivity index (χ1n) is 11.9. The molecule has 0 bridgehead atoms. The van der Waals surface area contributed by atoms with Gasteiger partial charge in [0.1, 0.15) is 11.6 Å². The number of ether oxygens (including phenoxy) is 1. The van der Waals surface area contributed by atoms with E-state index in [4.69, 9.17) is 4.74 Å². The zero-order valence-electron chi connectivity index (χ0n) is 19.1. The Kier molecular flexibility index (Phi) is 7.30. The van der Waals surface area contributed by atoms with Gasteiger partial charge in [-0.2, -0.15) is 0 Å². The van der Waals surface area contributed by atoms with Crippen molar-refractivity contribution in [2.75, 3.05) is 36.5 Å². The minimum atomic E-state index is -0.268. The van der Waals surface area contributed by atoms with Crippen LogP contribution in [0.15, 0.2) is 42.5 Å². The van der Waals surface area contributed by atoms with Gasteiger partial charge in [-0.1, -0.05) is 13.3 Å². The molecule has 2 aliphatic rings. The summed E-state index contributed by atoms with van der Waals surface area (Å²) in [6.45, 7) is 4.43. The predicted octanol–water partition coefficient (Wildman–Crippen LogP) is 5.00. The van der Waals surface area contributed by atoms with E-state index in [1.165, 1.54) is 6.07 Å². The number of nitrogens with one attached hydrogen (secondary N) is 1. The van der Waals surface area contributed by atoms with Crippen molar-refractivity contribution in [1.82, 2.24) is 5.32 Å². The highest BCUT2D eigenvalue weighted by Crippen LogP contribution is 2.34. The Balaban J connectivity index is 1.52. The van der Waals surface area contributed by atoms with Crippen LogP contribution in [0.4, 0.5) is 15.8 Å². The Morgan fingerprint density at radius 3 is 2.56 bits per heavy atom. The van der Waals surface area contributed by atoms with E-state index in [0.29, 0.717) is 29.6 Å². The van der Waals surface area contributed by atoms with Crippen molar-refractivity contribution in [2.45, 2.75) is 57.5 Å². The normalized spacial score (nSPS) is 18.5. The highest BCUT2D eigenvalue weighted by Gasteiger charge is 2.32. The number of amides is 1. The van der Waals surface area contributed by atoms with Gasteiger partial charge in [-0.25, -0.2) is 4.39 Å². The topological polar surface area (TPSA) is 44.8 Å². The molecule has 1 saturated carbocycles. The van der Waals surface area contributed by atoms with Crippen LogP contribution in [0, 0.1) is 5.82 Å². The molecule has 0 aromatic heterocycles. The van der Waals surface area contributed by atoms with Crippen molar-refractivity contribution in [3.05, 3.63) is 53.8 Å². The van der Waals surface area contributed by atoms with E-state index in [2.05, 4.69) is 17.1 Å². The Hall–Kier alpha value is -2.60. The van der Waals surface area contributed by atoms with Crippen LogP contribution in [0.25, 0.3) is 0 Å². The third kappa shape index (κ3) is 4.90. The summed E-state index contributed by atoms with van der Waals surface area (Å²) in [6.07, 6.45) is 6.08. The molecule has 1 heterocycles. The second-order valence-corrected chi connectivity index (χ2v) is 8.84. The largest absolute Gasteiger partial charge is 0.494 e. The SMILES string of the molecule is CCCCOc1ccc(C(=O)N(c2ccc(N3CCC(NC)C3)c(F)c2)C2CCC2)cc1. The summed E-state index contributed by atoms with van der Waals surface area (Å²) in [5.74, 6) is 0.417. The molecule has 6 heteroatoms. The number of nitrogens with zero attached hydrogens (tertiary/aromatic N) is 2. The van der Waals surface area contributed by atoms with Crippen molar-refractivity contribution >= 4 is 17.3 Å². The molecule has 1 aliphatic heterocycles. The fourth-order valence-corrected chi connectivity index (χ4v) is 4.42. The minimum Gasteiger partial charge on any atom is -0.494 e. The van der Waals surface area contributed by atoms with E-state index in [0.717, 1.165) is 57.4 Å². The van der Waals surface area contributed by atoms with Crippen LogP contribution in [0.3, 0.4) is 0 Å². The summed E-state index contributed by atoms with van der Waals surface area (Å²) in [4.78, 5) is 17.3. The van der Waals surface area contributed by atoms with Gasteiger partial charge in [0.05, 0.1) is 12.3 Å². The zero-order valence-corrected chi connectivity index (χ0v) is 19.1. The van der Waals surface area contributed by atoms with E-state index >= 15 is 4.39 Å². The predicted molar refractivity (Wildman–Crippen MR) is 127 cm³/mol. The maximum Gasteiger partial charge on any atom is 0.258 e. The third-order valence-corrected chi connectivity index (χ3v) is 6.67. The zero-order chi connectivity index (χ0) is 22.5. The molecule has 0 radical (unpaired) electrons. The quantitative estimate of drug-likeness (QED) is 0.559. The van der Waals surface area contributed by atoms with Gasteiger partial charge < -0.3 is 19.9 Å². The Labute approximate surface area is 190 Å². The molecule has 1 amide bonds. The summed E-state index contributed by atoms with van der Waals surface area (Å²) in [5.41, 5.74) is 1.84. The summed E-state index contributed by atoms with van der Waals surface area (Å²) in [6, 6.07) is 13.1. The van der Waals surface area contributed by atoms with Crippen molar-refractivity contribution in [3.8, 4) is 5.75 Å². The monoisotopic (exact) mass is 439 g/mol. The summed E-state index contributed by atoms with van der Waals surface area (Å²) in [5, 5.41) is 3.27. The molecule has 1 aliphatic carbocycles. The van der Waals surface area contributed by atoms with Gasteiger partial charge in [0, 0.05) is 36.4 Å². The first kappa shape index (κ1) is 22.6. The molecular formula is C26H34FN3O2. The molecular weight excluding hydrogens is 405 g/mol. The summed E-state index contributed by atoms with van der Waals surface area (Å²) < 4.78 is 20.8. The molecule has 0 spiro atoms. The maximum absolute atomic E-state index is 15.1. The Morgan fingerprint density at radius 2 is 1.97 bits per heavy atom. The van der Waals surface area contributed by atoms with Crippen LogP contribution in [0.1, 0.15) is 55.8 Å². The van der Waals surface area contributed by atoms with Gasteiger partial charge in [-0.05, 0) is 81.6 Å². The van der Waals surface area contributed by atoms with Gasteiger partial charge >= 0.3 is 0 Å². The van der Waals surface area contributed by atoms with Gasteiger partial charge in [0.2, 0.25) is 0 Å². The lowest BCUT2D eigenvalue weighted by molar-refractivity contribution is 0.0964. The van der Waals surface area contributed by atoms with Gasteiger partial charge in [-0.3, -0.25) is 4.79 Å². The second-order valence-electron chi connectivity index (χ2n) is 8.84. The minimum absolute atomic E-state index is 0.0848. The number of halogens is 1. The smallest absolute Gasteiger partial charge is 0.258 e. The molecule has 1 saturated heterocycles. The maximum atomic E-state index is 15.1. The number of anilines is 2. The van der Waals surface area contributed by atoms with Crippen molar-refractivity contribution in [1.29, 1.82) is 0 Å². The number of benzene rings is 2. The van der Waals surface area contributed by atoms with Crippen molar-refractivity contribution in [2.24, 2.45) is 0 Å². The average molecular weight is 440 g/mol. The average Bonchev–Trinajstić information content (AvgIpc) is 3.25. The van der Waals surface area contributed by atoms with Gasteiger partial charge in [-0.15, -0.1) is 0 Å². The standard InChI is InChI=1S/C26H34FN3O2/c1-3-4-16-32-23-11-8-19(9-12-23)26(31)30(21-6-5-7-21)22-10-13-25(24(27)17-22)29-15-14-20(18-29)28-2/h8-13,17,20-21,28H,3-7,14-16,18H2,1-2H3. The van der Waals surface area contributed by atoms with Crippen LogP contribution in [-0.2, 0) is 0 Å². The number of carbonyl (C=O) groups is 1. The number of likely N-dealkylation sites (N-methyl/N-ethyl adjacent to an activating group) is 1. The van der Waals surface area contributed by atoms with E-state index in [9.17, 15) is 4.79 Å². The molecule has 2 fully saturated rings. The molecule has 1 N–H and O–H groups in total. The number of carbonyl (C=O) groups excluding carboxylic acids is 1. The first-order valence-corrected chi connectivity index (χ1v) is 11.9. The van der Waals surface area contributed by atoms with Gasteiger partial charge in [0.25, 0.3) is 5.91 Å².